The maximum absolute atomic E-state index is 13.8. The van der Waals surface area contributed by atoms with E-state index in [0.717, 1.165) is 31.3 Å². The Morgan fingerprint density at radius 2 is 1.67 bits per heavy atom. The first-order valence-corrected chi connectivity index (χ1v) is 7.67. The minimum atomic E-state index is -0.595. The molecular weight excluding hydrogens is 272 g/mol. The third-order valence-corrected chi connectivity index (χ3v) is 4.42. The van der Waals surface area contributed by atoms with Crippen molar-refractivity contribution in [2.24, 2.45) is 0 Å². The van der Waals surface area contributed by atoms with Crippen molar-refractivity contribution in [1.82, 2.24) is 4.90 Å². The highest BCUT2D eigenvalue weighted by Crippen LogP contribution is 2.27. The Morgan fingerprint density at radius 3 is 2.14 bits per heavy atom. The number of carbonyl (C=O) groups is 1. The standard InChI is InChI=1S/C17H25F2NO/c1-5-17(6-2,20(7-3)8-4)16(21)12-13-11-14(18)9-10-15(13)19/h9-11H,5-8,12H2,1-4H3. The van der Waals surface area contributed by atoms with E-state index in [1.807, 2.05) is 27.7 Å². The molecular formula is C17H25F2NO. The van der Waals surface area contributed by atoms with Crippen molar-refractivity contribution in [3.63, 3.8) is 0 Å². The number of halogens is 2. The molecule has 118 valence electrons. The highest BCUT2D eigenvalue weighted by Gasteiger charge is 2.39. The number of Topliss-reactive ketones (excluding diaryl/α,β-unsaturated/α-hetero) is 1. The molecule has 0 radical (unpaired) electrons. The van der Waals surface area contributed by atoms with Crippen LogP contribution in [0, 0.1) is 11.6 Å². The van der Waals surface area contributed by atoms with E-state index in [1.165, 1.54) is 0 Å². The predicted octanol–water partition coefficient (Wildman–Crippen LogP) is 3.98. The van der Waals surface area contributed by atoms with Gasteiger partial charge in [-0.3, -0.25) is 9.69 Å². The van der Waals surface area contributed by atoms with Crippen molar-refractivity contribution in [2.75, 3.05) is 13.1 Å². The monoisotopic (exact) mass is 297 g/mol. The van der Waals surface area contributed by atoms with Crippen molar-refractivity contribution in [2.45, 2.75) is 52.5 Å². The topological polar surface area (TPSA) is 20.3 Å². The molecule has 4 heteroatoms. The zero-order chi connectivity index (χ0) is 16.0. The van der Waals surface area contributed by atoms with Gasteiger partial charge in [-0.2, -0.15) is 0 Å². The van der Waals surface area contributed by atoms with E-state index in [9.17, 15) is 13.6 Å². The fraction of sp³-hybridized carbons (Fsp3) is 0.588. The van der Waals surface area contributed by atoms with E-state index in [2.05, 4.69) is 4.90 Å². The Hall–Kier alpha value is -1.29. The molecule has 1 aromatic carbocycles. The molecule has 0 atom stereocenters. The lowest BCUT2D eigenvalue weighted by atomic mass is 9.83. The van der Waals surface area contributed by atoms with Gasteiger partial charge in [-0.05, 0) is 49.7 Å². The van der Waals surface area contributed by atoms with Crippen LogP contribution in [-0.2, 0) is 11.2 Å². The van der Waals surface area contributed by atoms with Crippen LogP contribution in [0.3, 0.4) is 0 Å². The summed E-state index contributed by atoms with van der Waals surface area (Å²) >= 11 is 0. The zero-order valence-electron chi connectivity index (χ0n) is 13.4. The minimum absolute atomic E-state index is 0.0410. The van der Waals surface area contributed by atoms with Gasteiger partial charge in [0.05, 0.1) is 5.54 Å². The molecule has 0 unspecified atom stereocenters. The van der Waals surface area contributed by atoms with Gasteiger partial charge in [0, 0.05) is 6.42 Å². The summed E-state index contributed by atoms with van der Waals surface area (Å²) in [6.07, 6.45) is 1.27. The maximum Gasteiger partial charge on any atom is 0.157 e. The van der Waals surface area contributed by atoms with Gasteiger partial charge in [0.1, 0.15) is 11.6 Å². The Bertz CT molecular complexity index is 480. The van der Waals surface area contributed by atoms with Gasteiger partial charge in [0.2, 0.25) is 0 Å². The lowest BCUT2D eigenvalue weighted by Gasteiger charge is -2.41. The summed E-state index contributed by atoms with van der Waals surface area (Å²) in [6, 6.07) is 3.26. The number of nitrogens with zero attached hydrogens (tertiary/aromatic N) is 1. The van der Waals surface area contributed by atoms with Crippen LogP contribution in [0.5, 0.6) is 0 Å². The van der Waals surface area contributed by atoms with Gasteiger partial charge in [0.15, 0.2) is 5.78 Å². The third kappa shape index (κ3) is 3.67. The molecule has 0 amide bonds. The number of hydrogen-bond acceptors (Lipinski definition) is 2. The number of benzene rings is 1. The van der Waals surface area contributed by atoms with Crippen molar-refractivity contribution in [1.29, 1.82) is 0 Å². The molecule has 0 N–H and O–H groups in total. The van der Waals surface area contributed by atoms with Crippen LogP contribution in [0.15, 0.2) is 18.2 Å². The molecule has 0 saturated heterocycles. The number of rotatable bonds is 8. The van der Waals surface area contributed by atoms with Crippen LogP contribution in [0.2, 0.25) is 0 Å². The van der Waals surface area contributed by atoms with Crippen molar-refractivity contribution in [3.8, 4) is 0 Å². The molecule has 0 fully saturated rings. The van der Waals surface area contributed by atoms with Crippen LogP contribution in [0.25, 0.3) is 0 Å². The van der Waals surface area contributed by atoms with Gasteiger partial charge >= 0.3 is 0 Å². The maximum atomic E-state index is 13.8. The van der Waals surface area contributed by atoms with Crippen molar-refractivity contribution >= 4 is 5.78 Å². The Labute approximate surface area is 126 Å². The predicted molar refractivity (Wildman–Crippen MR) is 81.3 cm³/mol. The van der Waals surface area contributed by atoms with E-state index in [-0.39, 0.29) is 17.8 Å². The molecule has 0 aliphatic carbocycles. The highest BCUT2D eigenvalue weighted by molar-refractivity contribution is 5.90. The summed E-state index contributed by atoms with van der Waals surface area (Å²) in [6.45, 7) is 9.49. The second-order valence-electron chi connectivity index (χ2n) is 5.25. The van der Waals surface area contributed by atoms with E-state index in [1.54, 1.807) is 0 Å². The summed E-state index contributed by atoms with van der Waals surface area (Å²) in [5, 5.41) is 0. The van der Waals surface area contributed by atoms with E-state index in [4.69, 9.17) is 0 Å². The first-order chi connectivity index (χ1) is 9.94. The number of carbonyl (C=O) groups excluding carboxylic acids is 1. The van der Waals surface area contributed by atoms with Crippen LogP contribution in [0.1, 0.15) is 46.1 Å². The van der Waals surface area contributed by atoms with E-state index in [0.29, 0.717) is 12.8 Å². The lowest BCUT2D eigenvalue weighted by Crippen LogP contribution is -2.54. The molecule has 0 aromatic heterocycles. The van der Waals surface area contributed by atoms with Crippen LogP contribution in [0.4, 0.5) is 8.78 Å². The first-order valence-electron chi connectivity index (χ1n) is 7.67. The first kappa shape index (κ1) is 17.8. The zero-order valence-corrected chi connectivity index (χ0v) is 13.4. The SMILES string of the molecule is CCN(CC)C(CC)(CC)C(=O)Cc1cc(F)ccc1F. The average Bonchev–Trinajstić information content (AvgIpc) is 2.48. The van der Waals surface area contributed by atoms with Gasteiger partial charge in [-0.1, -0.05) is 27.7 Å². The largest absolute Gasteiger partial charge is 0.297 e. The van der Waals surface area contributed by atoms with E-state index < -0.39 is 17.2 Å². The Morgan fingerprint density at radius 1 is 1.10 bits per heavy atom. The molecule has 1 rings (SSSR count). The molecule has 1 aromatic rings. The Balaban J connectivity index is 3.09. The molecule has 0 aliphatic heterocycles. The van der Waals surface area contributed by atoms with Crippen LogP contribution in [-0.4, -0.2) is 29.3 Å². The van der Waals surface area contributed by atoms with Crippen LogP contribution >= 0.6 is 0 Å². The van der Waals surface area contributed by atoms with Crippen molar-refractivity contribution in [3.05, 3.63) is 35.4 Å². The lowest BCUT2D eigenvalue weighted by molar-refractivity contribution is -0.131. The second kappa shape index (κ2) is 7.64. The smallest absolute Gasteiger partial charge is 0.157 e. The van der Waals surface area contributed by atoms with Crippen LogP contribution < -0.4 is 0 Å². The highest BCUT2D eigenvalue weighted by atomic mass is 19.1. The number of likely N-dealkylation sites (N-methyl/N-ethyl adjacent to an activating group) is 1. The molecule has 2 nitrogen and oxygen atoms in total. The molecule has 0 saturated carbocycles. The second-order valence-corrected chi connectivity index (χ2v) is 5.25. The molecule has 0 spiro atoms. The Kier molecular flexibility index (Phi) is 6.46. The normalized spacial score (nSPS) is 12.0. The summed E-state index contributed by atoms with van der Waals surface area (Å²) in [5.41, 5.74) is -0.458. The fourth-order valence-electron chi connectivity index (χ4n) is 3.11. The summed E-state index contributed by atoms with van der Waals surface area (Å²) < 4.78 is 27.0. The number of ketones is 1. The number of hydrogen-bond donors (Lipinski definition) is 0. The quantitative estimate of drug-likeness (QED) is 0.723. The van der Waals surface area contributed by atoms with Gasteiger partial charge in [-0.15, -0.1) is 0 Å². The summed E-state index contributed by atoms with van der Waals surface area (Å²) in [4.78, 5) is 14.9. The molecule has 0 heterocycles. The minimum Gasteiger partial charge on any atom is -0.297 e. The average molecular weight is 297 g/mol. The van der Waals surface area contributed by atoms with Gasteiger partial charge < -0.3 is 0 Å². The summed E-state index contributed by atoms with van der Waals surface area (Å²) in [5.74, 6) is -1.08. The van der Waals surface area contributed by atoms with Gasteiger partial charge in [0.25, 0.3) is 0 Å². The third-order valence-electron chi connectivity index (χ3n) is 4.42. The van der Waals surface area contributed by atoms with Gasteiger partial charge in [-0.25, -0.2) is 8.78 Å². The molecule has 21 heavy (non-hydrogen) atoms. The molecule has 0 bridgehead atoms. The fourth-order valence-corrected chi connectivity index (χ4v) is 3.11. The summed E-state index contributed by atoms with van der Waals surface area (Å²) in [7, 11) is 0. The van der Waals surface area contributed by atoms with Crippen molar-refractivity contribution < 1.29 is 13.6 Å². The van der Waals surface area contributed by atoms with E-state index >= 15 is 0 Å². The molecule has 0 aliphatic rings.